The van der Waals surface area contributed by atoms with E-state index in [4.69, 9.17) is 27.2 Å². The molecule has 1 aromatic carbocycles. The maximum absolute atomic E-state index is 14.9. The summed E-state index contributed by atoms with van der Waals surface area (Å²) in [6.07, 6.45) is -1.18. The molecule has 0 radical (unpaired) electrons. The molecule has 4 rings (SSSR count). The second kappa shape index (κ2) is 11.1. The molecule has 1 unspecified atom stereocenters. The predicted octanol–water partition coefficient (Wildman–Crippen LogP) is 2.89. The molecule has 1 fully saturated rings. The number of carbonyl (C=O) groups excluding carboxylic acids is 1. The lowest BCUT2D eigenvalue weighted by molar-refractivity contribution is 0.0193. The Morgan fingerprint density at radius 3 is 2.67 bits per heavy atom. The maximum Gasteiger partial charge on any atom is 0.258 e. The van der Waals surface area contributed by atoms with E-state index in [0.717, 1.165) is 6.07 Å². The highest BCUT2D eigenvalue weighted by molar-refractivity contribution is 6.31. The third kappa shape index (κ3) is 5.61. The molecule has 1 aromatic heterocycles. The third-order valence-corrected chi connectivity index (χ3v) is 7.04. The average Bonchev–Trinajstić information content (AvgIpc) is 3.23. The Labute approximate surface area is 213 Å². The van der Waals surface area contributed by atoms with Gasteiger partial charge in [0.1, 0.15) is 23.8 Å². The molecule has 1 saturated heterocycles. The van der Waals surface area contributed by atoms with E-state index < -0.39 is 24.0 Å². The van der Waals surface area contributed by atoms with Crippen LogP contribution in [0.2, 0.25) is 5.02 Å². The van der Waals surface area contributed by atoms with Crippen LogP contribution in [-0.4, -0.2) is 82.4 Å². The highest BCUT2D eigenvalue weighted by Crippen LogP contribution is 2.30. The van der Waals surface area contributed by atoms with Gasteiger partial charge in [0.2, 0.25) is 0 Å². The van der Waals surface area contributed by atoms with Crippen molar-refractivity contribution >= 4 is 23.1 Å². The SMILES string of the molecule is Cc1nc(C2=C(N)CN(C(=O)c3ccc(F)cc3OC3CCN(CCCO)C[C@@H]3F)C2)nc(C)c1Cl. The van der Waals surface area contributed by atoms with E-state index >= 15 is 0 Å². The van der Waals surface area contributed by atoms with Gasteiger partial charge in [-0.3, -0.25) is 4.79 Å². The van der Waals surface area contributed by atoms with Crippen LogP contribution in [0.5, 0.6) is 5.75 Å². The molecule has 0 aliphatic carbocycles. The largest absolute Gasteiger partial charge is 0.486 e. The van der Waals surface area contributed by atoms with E-state index in [1.54, 1.807) is 13.8 Å². The summed E-state index contributed by atoms with van der Waals surface area (Å²) in [5.74, 6) is -0.595. The summed E-state index contributed by atoms with van der Waals surface area (Å²) < 4.78 is 34.8. The van der Waals surface area contributed by atoms with E-state index in [9.17, 15) is 13.6 Å². The number of nitrogens with two attached hydrogens (primary N) is 1. The molecule has 0 saturated carbocycles. The van der Waals surface area contributed by atoms with Gasteiger partial charge in [0.05, 0.1) is 35.1 Å². The first kappa shape index (κ1) is 26.2. The summed E-state index contributed by atoms with van der Waals surface area (Å²) in [7, 11) is 0. The van der Waals surface area contributed by atoms with Crippen molar-refractivity contribution < 1.29 is 23.4 Å². The quantitative estimate of drug-likeness (QED) is 0.577. The Morgan fingerprint density at radius 1 is 1.28 bits per heavy atom. The fourth-order valence-electron chi connectivity index (χ4n) is 4.53. The number of aliphatic hydroxyl groups excluding tert-OH is 1. The van der Waals surface area contributed by atoms with Gasteiger partial charge in [0.25, 0.3) is 5.91 Å². The van der Waals surface area contributed by atoms with Gasteiger partial charge in [-0.25, -0.2) is 18.7 Å². The highest BCUT2D eigenvalue weighted by Gasteiger charge is 2.33. The normalized spacial score (nSPS) is 20.8. The van der Waals surface area contributed by atoms with Gasteiger partial charge in [-0.1, -0.05) is 11.6 Å². The smallest absolute Gasteiger partial charge is 0.258 e. The number of benzene rings is 1. The van der Waals surface area contributed by atoms with Crippen LogP contribution < -0.4 is 10.5 Å². The molecule has 2 aliphatic heterocycles. The number of hydrogen-bond donors (Lipinski definition) is 2. The second-order valence-corrected chi connectivity index (χ2v) is 9.55. The molecule has 1 amide bonds. The second-order valence-electron chi connectivity index (χ2n) is 9.18. The van der Waals surface area contributed by atoms with Crippen LogP contribution in [0.1, 0.15) is 40.4 Å². The average molecular weight is 522 g/mol. The van der Waals surface area contributed by atoms with Crippen LogP contribution in [0.4, 0.5) is 8.78 Å². The minimum atomic E-state index is -1.31. The topological polar surface area (TPSA) is 105 Å². The molecule has 194 valence electrons. The minimum Gasteiger partial charge on any atom is -0.486 e. The summed E-state index contributed by atoms with van der Waals surface area (Å²) in [4.78, 5) is 25.7. The molecule has 0 bridgehead atoms. The lowest BCUT2D eigenvalue weighted by atomic mass is 10.0. The van der Waals surface area contributed by atoms with Crippen molar-refractivity contribution in [1.82, 2.24) is 19.8 Å². The number of piperidine rings is 1. The van der Waals surface area contributed by atoms with Gasteiger partial charge in [-0.05, 0) is 38.8 Å². The van der Waals surface area contributed by atoms with Gasteiger partial charge in [-0.15, -0.1) is 0 Å². The van der Waals surface area contributed by atoms with Gasteiger partial charge in [0, 0.05) is 43.6 Å². The van der Waals surface area contributed by atoms with Crippen LogP contribution in [-0.2, 0) is 0 Å². The summed E-state index contributed by atoms with van der Waals surface area (Å²) in [5, 5.41) is 9.48. The fourth-order valence-corrected chi connectivity index (χ4v) is 4.61. The van der Waals surface area contributed by atoms with Crippen LogP contribution in [0.15, 0.2) is 23.9 Å². The molecule has 36 heavy (non-hydrogen) atoms. The Hall–Kier alpha value is -2.82. The number of rotatable bonds is 7. The van der Waals surface area contributed by atoms with E-state index in [0.29, 0.717) is 59.4 Å². The zero-order valence-corrected chi connectivity index (χ0v) is 21.1. The van der Waals surface area contributed by atoms with Crippen molar-refractivity contribution in [2.75, 3.05) is 39.3 Å². The Balaban J connectivity index is 1.50. The minimum absolute atomic E-state index is 0.00193. The van der Waals surface area contributed by atoms with Crippen LogP contribution in [0, 0.1) is 19.7 Å². The lowest BCUT2D eigenvalue weighted by Crippen LogP contribution is -2.47. The molecule has 2 atom stereocenters. The van der Waals surface area contributed by atoms with Gasteiger partial charge < -0.3 is 25.4 Å². The fraction of sp³-hybridized carbons (Fsp3) is 0.480. The van der Waals surface area contributed by atoms with Crippen LogP contribution in [0.3, 0.4) is 0 Å². The molecular weight excluding hydrogens is 492 g/mol. The van der Waals surface area contributed by atoms with Crippen molar-refractivity contribution in [2.45, 2.75) is 39.0 Å². The lowest BCUT2D eigenvalue weighted by Gasteiger charge is -2.35. The van der Waals surface area contributed by atoms with E-state index in [1.165, 1.54) is 17.0 Å². The predicted molar refractivity (Wildman–Crippen MR) is 132 cm³/mol. The number of amides is 1. The summed E-state index contributed by atoms with van der Waals surface area (Å²) in [5.41, 5.74) is 8.67. The Bertz CT molecular complexity index is 1160. The number of ether oxygens (including phenoxy) is 1. The summed E-state index contributed by atoms with van der Waals surface area (Å²) in [6.45, 7) is 5.22. The number of aromatic nitrogens is 2. The third-order valence-electron chi connectivity index (χ3n) is 6.49. The number of aliphatic hydroxyl groups is 1. The Morgan fingerprint density at radius 2 is 2.00 bits per heavy atom. The van der Waals surface area contributed by atoms with Crippen molar-refractivity contribution in [1.29, 1.82) is 0 Å². The van der Waals surface area contributed by atoms with Crippen molar-refractivity contribution in [2.24, 2.45) is 5.73 Å². The van der Waals surface area contributed by atoms with E-state index in [1.807, 2.05) is 4.90 Å². The number of carbonyl (C=O) groups is 1. The van der Waals surface area contributed by atoms with Gasteiger partial charge in [0.15, 0.2) is 5.82 Å². The van der Waals surface area contributed by atoms with Crippen LogP contribution in [0.25, 0.3) is 5.57 Å². The van der Waals surface area contributed by atoms with Gasteiger partial charge in [-0.2, -0.15) is 0 Å². The molecule has 2 aromatic rings. The number of nitrogens with zero attached hydrogens (tertiary/aromatic N) is 4. The molecule has 8 nitrogen and oxygen atoms in total. The standard InChI is InChI=1S/C25H30ClF2N5O3/c1-14-23(26)15(2)31-24(30-14)18-11-33(13-20(18)29)25(35)17-5-4-16(27)10-22(17)36-21-6-8-32(7-3-9-34)12-19(21)28/h4-5,10,19,21,34H,3,6-9,11-13,29H2,1-2H3/t19-,21?/m0/s1. The molecule has 0 spiro atoms. The van der Waals surface area contributed by atoms with E-state index in [2.05, 4.69) is 9.97 Å². The van der Waals surface area contributed by atoms with Crippen molar-refractivity contribution in [3.63, 3.8) is 0 Å². The number of aryl methyl sites for hydroxylation is 2. The molecule has 11 heteroatoms. The Kier molecular flexibility index (Phi) is 8.07. The van der Waals surface area contributed by atoms with Crippen molar-refractivity contribution in [3.8, 4) is 5.75 Å². The number of halogens is 3. The summed E-state index contributed by atoms with van der Waals surface area (Å²) >= 11 is 6.18. The zero-order valence-electron chi connectivity index (χ0n) is 20.3. The summed E-state index contributed by atoms with van der Waals surface area (Å²) in [6, 6.07) is 3.63. The number of alkyl halides is 1. The first-order chi connectivity index (χ1) is 17.2. The molecular formula is C25H30ClF2N5O3. The first-order valence-corrected chi connectivity index (χ1v) is 12.3. The highest BCUT2D eigenvalue weighted by atomic mass is 35.5. The molecule has 3 heterocycles. The maximum atomic E-state index is 14.9. The molecule has 3 N–H and O–H groups in total. The number of likely N-dealkylation sites (tertiary alicyclic amines) is 1. The van der Waals surface area contributed by atoms with E-state index in [-0.39, 0.29) is 37.6 Å². The van der Waals surface area contributed by atoms with Gasteiger partial charge >= 0.3 is 0 Å². The van der Waals surface area contributed by atoms with Crippen LogP contribution >= 0.6 is 11.6 Å². The molecule has 2 aliphatic rings. The number of hydrogen-bond acceptors (Lipinski definition) is 7. The zero-order chi connectivity index (χ0) is 26.0. The monoisotopic (exact) mass is 521 g/mol. The van der Waals surface area contributed by atoms with Crippen molar-refractivity contribution in [3.05, 3.63) is 57.5 Å². The first-order valence-electron chi connectivity index (χ1n) is 11.9.